The first-order valence-electron chi connectivity index (χ1n) is 6.99. The summed E-state index contributed by atoms with van der Waals surface area (Å²) in [6, 6.07) is 11.5. The summed E-state index contributed by atoms with van der Waals surface area (Å²) >= 11 is 0. The van der Waals surface area contributed by atoms with Gasteiger partial charge in [0.25, 0.3) is 5.91 Å². The van der Waals surface area contributed by atoms with Gasteiger partial charge in [0.05, 0.1) is 6.26 Å². The van der Waals surface area contributed by atoms with E-state index in [0.29, 0.717) is 29.3 Å². The average Bonchev–Trinajstić information content (AvgIpc) is 3.14. The molecule has 0 bridgehead atoms. The molecule has 0 aliphatic rings. The van der Waals surface area contributed by atoms with Gasteiger partial charge in [-0.2, -0.15) is 0 Å². The minimum absolute atomic E-state index is 0.230. The minimum atomic E-state index is -0.230. The molecule has 5 nitrogen and oxygen atoms in total. The Balaban J connectivity index is 1.80. The third kappa shape index (κ3) is 2.79. The highest BCUT2D eigenvalue weighted by Gasteiger charge is 2.22. The van der Waals surface area contributed by atoms with Crippen LogP contribution in [0.3, 0.4) is 0 Å². The molecule has 0 aliphatic heterocycles. The van der Waals surface area contributed by atoms with Crippen LogP contribution >= 0.6 is 0 Å². The molecule has 5 heteroatoms. The molecule has 3 aromatic rings. The molecule has 0 unspecified atom stereocenters. The number of carbonyl (C=O) groups is 1. The molecule has 1 aromatic carbocycles. The second-order valence-corrected chi connectivity index (χ2v) is 5.11. The third-order valence-corrected chi connectivity index (χ3v) is 3.38. The number of nitrogens with one attached hydrogen (secondary N) is 1. The summed E-state index contributed by atoms with van der Waals surface area (Å²) in [5.41, 5.74) is 3.03. The van der Waals surface area contributed by atoms with E-state index in [4.69, 9.17) is 8.94 Å². The van der Waals surface area contributed by atoms with Crippen molar-refractivity contribution < 1.29 is 13.7 Å². The minimum Gasteiger partial charge on any atom is -0.463 e. The standard InChI is InChI=1S/C17H16N2O3/c1-11-5-3-6-13(9-11)10-18-17(20)15-12(2)22-19-16(15)14-7-4-8-21-14/h3-9H,10H2,1-2H3,(H,18,20). The summed E-state index contributed by atoms with van der Waals surface area (Å²) in [5, 5.41) is 6.81. The highest BCUT2D eigenvalue weighted by molar-refractivity contribution is 6.00. The molecule has 2 aromatic heterocycles. The second kappa shape index (κ2) is 5.89. The molecule has 22 heavy (non-hydrogen) atoms. The number of benzene rings is 1. The van der Waals surface area contributed by atoms with Crippen molar-refractivity contribution >= 4 is 5.91 Å². The Bertz CT molecular complexity index is 788. The van der Waals surface area contributed by atoms with Gasteiger partial charge in [0.2, 0.25) is 0 Å². The first kappa shape index (κ1) is 14.1. The van der Waals surface area contributed by atoms with Gasteiger partial charge < -0.3 is 14.3 Å². The third-order valence-electron chi connectivity index (χ3n) is 3.38. The van der Waals surface area contributed by atoms with Crippen LogP contribution in [0.5, 0.6) is 0 Å². The molecule has 0 fully saturated rings. The second-order valence-electron chi connectivity index (χ2n) is 5.11. The fourth-order valence-corrected chi connectivity index (χ4v) is 2.31. The molecule has 0 spiro atoms. The zero-order valence-corrected chi connectivity index (χ0v) is 12.4. The maximum atomic E-state index is 12.4. The van der Waals surface area contributed by atoms with Gasteiger partial charge >= 0.3 is 0 Å². The van der Waals surface area contributed by atoms with Crippen molar-refractivity contribution in [3.05, 3.63) is 65.1 Å². The lowest BCUT2D eigenvalue weighted by atomic mass is 10.1. The average molecular weight is 296 g/mol. The normalized spacial score (nSPS) is 10.6. The number of carbonyl (C=O) groups excluding carboxylic acids is 1. The molecule has 2 heterocycles. The predicted octanol–water partition coefficient (Wildman–Crippen LogP) is 3.48. The number of furan rings is 1. The van der Waals surface area contributed by atoms with Crippen LogP contribution in [0.4, 0.5) is 0 Å². The van der Waals surface area contributed by atoms with Crippen molar-refractivity contribution in [1.29, 1.82) is 0 Å². The molecule has 0 radical (unpaired) electrons. The van der Waals surface area contributed by atoms with Crippen LogP contribution in [0.1, 0.15) is 27.2 Å². The Hall–Kier alpha value is -2.82. The Kier molecular flexibility index (Phi) is 3.78. The zero-order chi connectivity index (χ0) is 15.5. The fourth-order valence-electron chi connectivity index (χ4n) is 2.31. The lowest BCUT2D eigenvalue weighted by Gasteiger charge is -2.06. The molecule has 1 amide bonds. The Morgan fingerprint density at radius 3 is 2.82 bits per heavy atom. The molecule has 0 saturated heterocycles. The van der Waals surface area contributed by atoms with Crippen LogP contribution in [0.25, 0.3) is 11.5 Å². The van der Waals surface area contributed by atoms with Gasteiger partial charge in [-0.1, -0.05) is 35.0 Å². The van der Waals surface area contributed by atoms with Crippen LogP contribution in [-0.4, -0.2) is 11.1 Å². The molecule has 1 N–H and O–H groups in total. The van der Waals surface area contributed by atoms with Crippen molar-refractivity contribution in [3.8, 4) is 11.5 Å². The fraction of sp³-hybridized carbons (Fsp3) is 0.176. The number of rotatable bonds is 4. The van der Waals surface area contributed by atoms with E-state index in [-0.39, 0.29) is 5.91 Å². The summed E-state index contributed by atoms with van der Waals surface area (Å²) in [6.07, 6.45) is 1.54. The monoisotopic (exact) mass is 296 g/mol. The van der Waals surface area contributed by atoms with E-state index in [1.165, 1.54) is 6.26 Å². The van der Waals surface area contributed by atoms with Crippen molar-refractivity contribution in [2.75, 3.05) is 0 Å². The SMILES string of the molecule is Cc1cccc(CNC(=O)c2c(-c3ccco3)noc2C)c1. The van der Waals surface area contributed by atoms with Crippen molar-refractivity contribution in [3.63, 3.8) is 0 Å². The molecule has 0 aliphatic carbocycles. The largest absolute Gasteiger partial charge is 0.463 e. The molecular formula is C17H16N2O3. The van der Waals surface area contributed by atoms with E-state index in [2.05, 4.69) is 10.5 Å². The first-order valence-corrected chi connectivity index (χ1v) is 6.99. The molecule has 3 rings (SSSR count). The number of hydrogen-bond acceptors (Lipinski definition) is 4. The Morgan fingerprint density at radius 2 is 2.09 bits per heavy atom. The van der Waals surface area contributed by atoms with Crippen LogP contribution in [0.15, 0.2) is 51.6 Å². The smallest absolute Gasteiger partial charge is 0.257 e. The van der Waals surface area contributed by atoms with Gasteiger partial charge in [0.1, 0.15) is 11.3 Å². The van der Waals surface area contributed by atoms with E-state index in [1.54, 1.807) is 19.1 Å². The van der Waals surface area contributed by atoms with Crippen LogP contribution in [-0.2, 0) is 6.54 Å². The lowest BCUT2D eigenvalue weighted by molar-refractivity contribution is 0.0949. The topological polar surface area (TPSA) is 68.3 Å². The van der Waals surface area contributed by atoms with E-state index in [0.717, 1.165) is 11.1 Å². The summed E-state index contributed by atoms with van der Waals surface area (Å²) in [5.74, 6) is 0.748. The van der Waals surface area contributed by atoms with Gasteiger partial charge in [0.15, 0.2) is 11.5 Å². The van der Waals surface area contributed by atoms with Crippen molar-refractivity contribution in [2.24, 2.45) is 0 Å². The van der Waals surface area contributed by atoms with Gasteiger partial charge in [0, 0.05) is 6.54 Å². The van der Waals surface area contributed by atoms with Gasteiger partial charge in [-0.05, 0) is 31.5 Å². The molecular weight excluding hydrogens is 280 g/mol. The molecule has 0 atom stereocenters. The van der Waals surface area contributed by atoms with Crippen LogP contribution in [0.2, 0.25) is 0 Å². The van der Waals surface area contributed by atoms with E-state index in [1.807, 2.05) is 31.2 Å². The Labute approximate surface area is 127 Å². The maximum Gasteiger partial charge on any atom is 0.257 e. The number of hydrogen-bond donors (Lipinski definition) is 1. The lowest BCUT2D eigenvalue weighted by Crippen LogP contribution is -2.23. The van der Waals surface area contributed by atoms with Crippen molar-refractivity contribution in [1.82, 2.24) is 10.5 Å². The van der Waals surface area contributed by atoms with Gasteiger partial charge in [-0.3, -0.25) is 4.79 Å². The Morgan fingerprint density at radius 1 is 1.23 bits per heavy atom. The van der Waals surface area contributed by atoms with Crippen LogP contribution in [0, 0.1) is 13.8 Å². The predicted molar refractivity (Wildman–Crippen MR) is 81.3 cm³/mol. The summed E-state index contributed by atoms with van der Waals surface area (Å²) in [7, 11) is 0. The number of aryl methyl sites for hydroxylation is 2. The first-order chi connectivity index (χ1) is 10.6. The molecule has 112 valence electrons. The van der Waals surface area contributed by atoms with E-state index >= 15 is 0 Å². The highest BCUT2D eigenvalue weighted by atomic mass is 16.5. The summed E-state index contributed by atoms with van der Waals surface area (Å²) in [6.45, 7) is 4.17. The molecule has 0 saturated carbocycles. The van der Waals surface area contributed by atoms with E-state index < -0.39 is 0 Å². The van der Waals surface area contributed by atoms with Crippen LogP contribution < -0.4 is 5.32 Å². The van der Waals surface area contributed by atoms with Gasteiger partial charge in [-0.15, -0.1) is 0 Å². The number of amides is 1. The number of aromatic nitrogens is 1. The maximum absolute atomic E-state index is 12.4. The quantitative estimate of drug-likeness (QED) is 0.800. The van der Waals surface area contributed by atoms with Gasteiger partial charge in [-0.25, -0.2) is 0 Å². The summed E-state index contributed by atoms with van der Waals surface area (Å²) in [4.78, 5) is 12.4. The summed E-state index contributed by atoms with van der Waals surface area (Å²) < 4.78 is 10.4. The highest BCUT2D eigenvalue weighted by Crippen LogP contribution is 2.25. The van der Waals surface area contributed by atoms with E-state index in [9.17, 15) is 4.79 Å². The zero-order valence-electron chi connectivity index (χ0n) is 12.4. The van der Waals surface area contributed by atoms with Crippen molar-refractivity contribution in [2.45, 2.75) is 20.4 Å². The number of nitrogens with zero attached hydrogens (tertiary/aromatic N) is 1.